The molecule has 0 radical (unpaired) electrons. The normalized spacial score (nSPS) is 12.6. The van der Waals surface area contributed by atoms with Gasteiger partial charge >= 0.3 is 11.9 Å². The van der Waals surface area contributed by atoms with Crippen LogP contribution in [0.4, 0.5) is 0 Å². The van der Waals surface area contributed by atoms with Crippen LogP contribution >= 0.6 is 12.6 Å². The van der Waals surface area contributed by atoms with Gasteiger partial charge in [0.05, 0.1) is 21.3 Å². The van der Waals surface area contributed by atoms with Crippen LogP contribution in [-0.2, 0) is 9.59 Å². The lowest BCUT2D eigenvalue weighted by Crippen LogP contribution is -2.50. The summed E-state index contributed by atoms with van der Waals surface area (Å²) in [5.74, 6) is -2.47. The molecule has 10 heteroatoms. The molecule has 0 aromatic heterocycles. The first-order chi connectivity index (χ1) is 12.2. The first kappa shape index (κ1) is 21.4. The zero-order valence-corrected chi connectivity index (χ0v) is 15.5. The van der Waals surface area contributed by atoms with Crippen molar-refractivity contribution in [3.8, 4) is 17.2 Å². The Morgan fingerprint density at radius 3 is 2.00 bits per heavy atom. The van der Waals surface area contributed by atoms with E-state index in [1.807, 2.05) is 0 Å². The highest BCUT2D eigenvalue weighted by Gasteiger charge is 2.36. The Morgan fingerprint density at radius 1 is 1.08 bits per heavy atom. The number of methoxy groups -OCH3 is 3. The number of amides is 1. The Labute approximate surface area is 155 Å². The third kappa shape index (κ3) is 5.19. The number of hydrogen-bond acceptors (Lipinski definition) is 7. The van der Waals surface area contributed by atoms with E-state index in [9.17, 15) is 19.5 Å². The maximum Gasteiger partial charge on any atom is 0.339 e. The largest absolute Gasteiger partial charge is 0.493 e. The fourth-order valence-corrected chi connectivity index (χ4v) is 2.45. The number of carboxylic acid groups (broad SMARTS) is 2. The van der Waals surface area contributed by atoms with Gasteiger partial charge in [-0.2, -0.15) is 0 Å². The average molecular weight is 387 g/mol. The van der Waals surface area contributed by atoms with Crippen LogP contribution in [-0.4, -0.2) is 54.3 Å². The topological polar surface area (TPSA) is 131 Å². The van der Waals surface area contributed by atoms with E-state index in [2.05, 4.69) is 17.9 Å². The van der Waals surface area contributed by atoms with Crippen molar-refractivity contribution < 1.29 is 38.8 Å². The van der Waals surface area contributed by atoms with E-state index in [-0.39, 0.29) is 42.1 Å². The highest BCUT2D eigenvalue weighted by molar-refractivity contribution is 7.82. The number of hydrogen-bond donors (Lipinski definition) is 4. The first-order valence-electron chi connectivity index (χ1n) is 7.48. The molecule has 1 aromatic carbocycles. The van der Waals surface area contributed by atoms with Gasteiger partial charge in [0.2, 0.25) is 5.75 Å². The van der Waals surface area contributed by atoms with Gasteiger partial charge in [0.1, 0.15) is 0 Å². The minimum Gasteiger partial charge on any atom is -0.493 e. The van der Waals surface area contributed by atoms with Crippen LogP contribution in [0.25, 0.3) is 0 Å². The number of carbonyl (C=O) groups excluding carboxylic acids is 1. The molecule has 0 bridgehead atoms. The fourth-order valence-electron chi connectivity index (χ4n) is 2.19. The second kappa shape index (κ2) is 9.18. The highest BCUT2D eigenvalue weighted by Crippen LogP contribution is 2.38. The van der Waals surface area contributed by atoms with Gasteiger partial charge in [-0.25, -0.2) is 4.79 Å². The number of thiol groups is 1. The molecule has 0 aliphatic heterocycles. The summed E-state index contributed by atoms with van der Waals surface area (Å²) in [6.07, 6.45) is -0.385. The van der Waals surface area contributed by atoms with Gasteiger partial charge in [-0.3, -0.25) is 9.59 Å². The molecule has 1 atom stereocenters. The number of benzene rings is 1. The Bertz CT molecular complexity index is 668. The molecular weight excluding hydrogens is 366 g/mol. The van der Waals surface area contributed by atoms with Gasteiger partial charge in [0.25, 0.3) is 5.91 Å². The third-order valence-corrected chi connectivity index (χ3v) is 4.06. The highest BCUT2D eigenvalue weighted by atomic mass is 32.1. The molecule has 0 saturated heterocycles. The number of carbonyl (C=O) groups is 3. The quantitative estimate of drug-likeness (QED) is 0.350. The summed E-state index contributed by atoms with van der Waals surface area (Å²) in [6, 6.07) is 2.73. The van der Waals surface area contributed by atoms with Crippen molar-refractivity contribution in [1.82, 2.24) is 5.32 Å². The molecule has 0 fully saturated rings. The lowest BCUT2D eigenvalue weighted by Gasteiger charge is -2.25. The van der Waals surface area contributed by atoms with Gasteiger partial charge in [-0.1, -0.05) is 0 Å². The molecule has 3 N–H and O–H groups in total. The number of aliphatic carboxylic acids is 2. The van der Waals surface area contributed by atoms with Crippen molar-refractivity contribution in [1.29, 1.82) is 0 Å². The molecule has 1 aromatic rings. The molecule has 0 heterocycles. The van der Waals surface area contributed by atoms with Gasteiger partial charge < -0.3 is 29.7 Å². The molecule has 1 unspecified atom stereocenters. The van der Waals surface area contributed by atoms with E-state index in [0.29, 0.717) is 0 Å². The van der Waals surface area contributed by atoms with Crippen LogP contribution in [0.5, 0.6) is 17.2 Å². The van der Waals surface area contributed by atoms with Crippen molar-refractivity contribution in [2.45, 2.75) is 24.1 Å². The van der Waals surface area contributed by atoms with E-state index in [1.54, 1.807) is 0 Å². The lowest BCUT2D eigenvalue weighted by atomic mass is 10.1. The monoisotopic (exact) mass is 387 g/mol. The van der Waals surface area contributed by atoms with E-state index in [1.165, 1.54) is 33.5 Å². The predicted molar refractivity (Wildman–Crippen MR) is 94.4 cm³/mol. The molecule has 0 saturated carbocycles. The molecule has 144 valence electrons. The maximum absolute atomic E-state index is 12.5. The summed E-state index contributed by atoms with van der Waals surface area (Å²) in [7, 11) is 4.17. The summed E-state index contributed by atoms with van der Waals surface area (Å²) in [4.78, 5) is 32.7. The molecule has 0 spiro atoms. The Morgan fingerprint density at radius 2 is 1.62 bits per heavy atom. The SMILES string of the molecule is COc1cc(C(=O)NC(S)(CCCC(=O)O)C(=O)O)cc(OC)c1OC. The van der Waals surface area contributed by atoms with Crippen LogP contribution < -0.4 is 19.5 Å². The standard InChI is InChI=1S/C16H21NO8S/c1-23-10-7-9(8-11(24-2)13(10)25-3)14(20)17-16(26,15(21)22)6-4-5-12(18)19/h7-8,26H,4-6H2,1-3H3,(H,17,20)(H,18,19)(H,21,22). The number of ether oxygens (including phenoxy) is 3. The first-order valence-corrected chi connectivity index (χ1v) is 7.93. The molecule has 0 aliphatic carbocycles. The Balaban J connectivity index is 3.09. The third-order valence-electron chi connectivity index (χ3n) is 3.53. The van der Waals surface area contributed by atoms with E-state index < -0.39 is 22.7 Å². The summed E-state index contributed by atoms with van der Waals surface area (Å²) >= 11 is 4.03. The van der Waals surface area contributed by atoms with Crippen LogP contribution in [0, 0.1) is 0 Å². The van der Waals surface area contributed by atoms with Crippen molar-refractivity contribution in [2.24, 2.45) is 0 Å². The summed E-state index contributed by atoms with van der Waals surface area (Å²) in [5, 5.41) is 20.3. The number of rotatable bonds is 10. The summed E-state index contributed by atoms with van der Waals surface area (Å²) in [6.45, 7) is 0. The van der Waals surface area contributed by atoms with Crippen LogP contribution in [0.2, 0.25) is 0 Å². The van der Waals surface area contributed by atoms with Gasteiger partial charge in [-0.05, 0) is 25.0 Å². The molecule has 1 rings (SSSR count). The predicted octanol–water partition coefficient (Wildman–Crippen LogP) is 1.41. The second-order valence-corrected chi connectivity index (χ2v) is 6.04. The van der Waals surface area contributed by atoms with Gasteiger partial charge in [0.15, 0.2) is 16.4 Å². The van der Waals surface area contributed by atoms with E-state index >= 15 is 0 Å². The number of nitrogens with one attached hydrogen (secondary N) is 1. The molecule has 26 heavy (non-hydrogen) atoms. The van der Waals surface area contributed by atoms with Gasteiger partial charge in [0, 0.05) is 12.0 Å². The van der Waals surface area contributed by atoms with Crippen molar-refractivity contribution >= 4 is 30.5 Å². The van der Waals surface area contributed by atoms with Gasteiger partial charge in [-0.15, -0.1) is 12.6 Å². The molecular formula is C16H21NO8S. The maximum atomic E-state index is 12.5. The molecule has 9 nitrogen and oxygen atoms in total. The smallest absolute Gasteiger partial charge is 0.339 e. The summed E-state index contributed by atoms with van der Waals surface area (Å²) in [5.41, 5.74) is 0.0670. The molecule has 0 aliphatic rings. The minimum absolute atomic E-state index is 0.0284. The zero-order valence-electron chi connectivity index (χ0n) is 14.6. The lowest BCUT2D eigenvalue weighted by molar-refractivity contribution is -0.142. The molecule has 1 amide bonds. The zero-order chi connectivity index (χ0) is 19.9. The van der Waals surface area contributed by atoms with Crippen molar-refractivity contribution in [3.63, 3.8) is 0 Å². The van der Waals surface area contributed by atoms with Crippen molar-refractivity contribution in [2.75, 3.05) is 21.3 Å². The number of carboxylic acids is 2. The average Bonchev–Trinajstić information content (AvgIpc) is 2.59. The fraction of sp³-hybridized carbons (Fsp3) is 0.438. The van der Waals surface area contributed by atoms with E-state index in [4.69, 9.17) is 19.3 Å². The van der Waals surface area contributed by atoms with E-state index in [0.717, 1.165) is 0 Å². The van der Waals surface area contributed by atoms with Crippen LogP contribution in [0.15, 0.2) is 12.1 Å². The van der Waals surface area contributed by atoms with Crippen LogP contribution in [0.1, 0.15) is 29.6 Å². The Kier molecular flexibility index (Phi) is 7.56. The summed E-state index contributed by atoms with van der Waals surface area (Å²) < 4.78 is 15.5. The Hall–Kier alpha value is -2.62. The van der Waals surface area contributed by atoms with Crippen LogP contribution in [0.3, 0.4) is 0 Å². The van der Waals surface area contributed by atoms with Crippen molar-refractivity contribution in [3.05, 3.63) is 17.7 Å². The minimum atomic E-state index is -1.92. The second-order valence-electron chi connectivity index (χ2n) is 5.28.